The minimum Gasteiger partial charge on any atom is -0.480 e. The lowest BCUT2D eigenvalue weighted by molar-refractivity contribution is -0.138. The molecule has 0 amide bonds. The van der Waals surface area contributed by atoms with Crippen molar-refractivity contribution >= 4 is 16.0 Å². The zero-order chi connectivity index (χ0) is 13.9. The Morgan fingerprint density at radius 1 is 1.50 bits per heavy atom. The minimum atomic E-state index is -3.89. The van der Waals surface area contributed by atoms with Gasteiger partial charge in [-0.05, 0) is 25.5 Å². The van der Waals surface area contributed by atoms with E-state index in [4.69, 9.17) is 5.11 Å². The van der Waals surface area contributed by atoms with E-state index in [9.17, 15) is 17.6 Å². The Kier molecular flexibility index (Phi) is 4.42. The van der Waals surface area contributed by atoms with Crippen LogP contribution in [-0.2, 0) is 20.6 Å². The molecule has 1 aromatic carbocycles. The summed E-state index contributed by atoms with van der Waals surface area (Å²) < 4.78 is 38.6. The van der Waals surface area contributed by atoms with Crippen molar-refractivity contribution in [2.75, 3.05) is 0 Å². The largest absolute Gasteiger partial charge is 0.480 e. The van der Waals surface area contributed by atoms with E-state index in [1.807, 2.05) is 4.72 Å². The van der Waals surface area contributed by atoms with Crippen LogP contribution in [0.2, 0.25) is 0 Å². The first-order valence-electron chi connectivity index (χ1n) is 5.19. The number of nitrogens with one attached hydrogen (secondary N) is 1. The Labute approximate surface area is 105 Å². The van der Waals surface area contributed by atoms with Gasteiger partial charge in [-0.15, -0.1) is 0 Å². The Bertz CT molecular complexity index is 556. The normalized spacial score (nSPS) is 13.3. The lowest BCUT2D eigenvalue weighted by Gasteiger charge is -2.10. The molecule has 0 aliphatic carbocycles. The number of carboxylic acid groups (broad SMARTS) is 1. The van der Waals surface area contributed by atoms with Crippen molar-refractivity contribution in [1.82, 2.24) is 4.72 Å². The van der Waals surface area contributed by atoms with Crippen molar-refractivity contribution < 1.29 is 22.7 Å². The van der Waals surface area contributed by atoms with Crippen LogP contribution in [-0.4, -0.2) is 25.5 Å². The maximum absolute atomic E-state index is 13.5. The lowest BCUT2D eigenvalue weighted by Crippen LogP contribution is -2.39. The average Bonchev–Trinajstić information content (AvgIpc) is 2.21. The number of hydrogen-bond donors (Lipinski definition) is 2. The van der Waals surface area contributed by atoms with Crippen molar-refractivity contribution in [1.29, 1.82) is 0 Å². The third-order valence-electron chi connectivity index (χ3n) is 2.28. The number of aliphatic carboxylic acids is 1. The first-order valence-corrected chi connectivity index (χ1v) is 6.84. The number of halogens is 1. The molecular formula is C11H14FNO4S. The number of carboxylic acids is 1. The van der Waals surface area contributed by atoms with Crippen LogP contribution < -0.4 is 4.72 Å². The third-order valence-corrected chi connectivity index (χ3v) is 3.68. The SMILES string of the molecule is Cc1ccc(CS(=O)(=O)NC(C)C(=O)O)c(F)c1. The van der Waals surface area contributed by atoms with E-state index in [0.29, 0.717) is 5.56 Å². The van der Waals surface area contributed by atoms with Gasteiger partial charge in [-0.3, -0.25) is 4.79 Å². The molecule has 1 aromatic rings. The van der Waals surface area contributed by atoms with Crippen LogP contribution in [0.5, 0.6) is 0 Å². The number of carbonyl (C=O) groups is 1. The summed E-state index contributed by atoms with van der Waals surface area (Å²) in [6.45, 7) is 2.89. The van der Waals surface area contributed by atoms with Crippen LogP contribution in [0.25, 0.3) is 0 Å². The molecule has 0 spiro atoms. The molecule has 5 nitrogen and oxygen atoms in total. The summed E-state index contributed by atoms with van der Waals surface area (Å²) in [5.41, 5.74) is 0.686. The third kappa shape index (κ3) is 4.08. The first kappa shape index (κ1) is 14.6. The molecule has 0 aromatic heterocycles. The molecule has 1 rings (SSSR count). The Morgan fingerprint density at radius 2 is 2.11 bits per heavy atom. The van der Waals surface area contributed by atoms with Gasteiger partial charge in [0.15, 0.2) is 0 Å². The minimum absolute atomic E-state index is 0.00527. The maximum atomic E-state index is 13.5. The van der Waals surface area contributed by atoms with E-state index < -0.39 is 33.6 Å². The van der Waals surface area contributed by atoms with Gasteiger partial charge in [-0.2, -0.15) is 0 Å². The molecule has 0 heterocycles. The Hall–Kier alpha value is -1.47. The molecule has 0 bridgehead atoms. The molecule has 18 heavy (non-hydrogen) atoms. The van der Waals surface area contributed by atoms with Crippen LogP contribution in [0.15, 0.2) is 18.2 Å². The van der Waals surface area contributed by atoms with Crippen LogP contribution in [0, 0.1) is 12.7 Å². The summed E-state index contributed by atoms with van der Waals surface area (Å²) in [4.78, 5) is 10.5. The highest BCUT2D eigenvalue weighted by Gasteiger charge is 2.21. The fraction of sp³-hybridized carbons (Fsp3) is 0.364. The van der Waals surface area contributed by atoms with E-state index in [-0.39, 0.29) is 5.56 Å². The van der Waals surface area contributed by atoms with Crippen molar-refractivity contribution in [3.63, 3.8) is 0 Å². The highest BCUT2D eigenvalue weighted by molar-refractivity contribution is 7.88. The van der Waals surface area contributed by atoms with E-state index in [1.54, 1.807) is 13.0 Å². The molecule has 0 aliphatic heterocycles. The van der Waals surface area contributed by atoms with E-state index >= 15 is 0 Å². The summed E-state index contributed by atoms with van der Waals surface area (Å²) in [7, 11) is -3.89. The molecule has 1 unspecified atom stereocenters. The number of aryl methyl sites for hydroxylation is 1. The highest BCUT2D eigenvalue weighted by Crippen LogP contribution is 2.12. The average molecular weight is 275 g/mol. The van der Waals surface area contributed by atoms with Crippen molar-refractivity contribution in [3.05, 3.63) is 35.1 Å². The molecule has 0 saturated carbocycles. The van der Waals surface area contributed by atoms with Crippen molar-refractivity contribution in [3.8, 4) is 0 Å². The zero-order valence-corrected chi connectivity index (χ0v) is 10.8. The van der Waals surface area contributed by atoms with E-state index in [0.717, 1.165) is 0 Å². The fourth-order valence-corrected chi connectivity index (χ4v) is 2.70. The summed E-state index contributed by atoms with van der Waals surface area (Å²) in [6, 6.07) is 2.94. The summed E-state index contributed by atoms with van der Waals surface area (Å²) in [6.07, 6.45) is 0. The molecule has 100 valence electrons. The van der Waals surface area contributed by atoms with Gasteiger partial charge in [0.1, 0.15) is 11.9 Å². The van der Waals surface area contributed by atoms with Gasteiger partial charge in [0.05, 0.1) is 5.75 Å². The quantitative estimate of drug-likeness (QED) is 0.840. The van der Waals surface area contributed by atoms with Crippen LogP contribution >= 0.6 is 0 Å². The molecule has 0 fully saturated rings. The second-order valence-electron chi connectivity index (χ2n) is 4.03. The van der Waals surface area contributed by atoms with Crippen LogP contribution in [0.1, 0.15) is 18.1 Å². The predicted molar refractivity (Wildman–Crippen MR) is 64.0 cm³/mol. The fourth-order valence-electron chi connectivity index (χ4n) is 1.34. The van der Waals surface area contributed by atoms with Gasteiger partial charge in [0.2, 0.25) is 10.0 Å². The molecular weight excluding hydrogens is 261 g/mol. The zero-order valence-electron chi connectivity index (χ0n) is 9.97. The second-order valence-corrected chi connectivity index (χ2v) is 5.79. The van der Waals surface area contributed by atoms with Crippen LogP contribution in [0.3, 0.4) is 0 Å². The number of benzene rings is 1. The number of rotatable bonds is 5. The van der Waals surface area contributed by atoms with E-state index in [2.05, 4.69) is 0 Å². The summed E-state index contributed by atoms with van der Waals surface area (Å²) in [5, 5.41) is 8.60. The summed E-state index contributed by atoms with van der Waals surface area (Å²) in [5.74, 6) is -2.50. The topological polar surface area (TPSA) is 83.5 Å². The van der Waals surface area contributed by atoms with E-state index in [1.165, 1.54) is 19.1 Å². The maximum Gasteiger partial charge on any atom is 0.321 e. The predicted octanol–water partition coefficient (Wildman–Crippen LogP) is 1.03. The summed E-state index contributed by atoms with van der Waals surface area (Å²) >= 11 is 0. The molecule has 2 N–H and O–H groups in total. The smallest absolute Gasteiger partial charge is 0.321 e. The molecule has 7 heteroatoms. The van der Waals surface area contributed by atoms with Gasteiger partial charge in [-0.25, -0.2) is 17.5 Å². The van der Waals surface area contributed by atoms with Gasteiger partial charge in [0, 0.05) is 5.56 Å². The lowest BCUT2D eigenvalue weighted by atomic mass is 10.2. The number of sulfonamides is 1. The Morgan fingerprint density at radius 3 is 2.61 bits per heavy atom. The highest BCUT2D eigenvalue weighted by atomic mass is 32.2. The number of hydrogen-bond acceptors (Lipinski definition) is 3. The van der Waals surface area contributed by atoms with Crippen molar-refractivity contribution in [2.24, 2.45) is 0 Å². The first-order chi connectivity index (χ1) is 8.21. The monoisotopic (exact) mass is 275 g/mol. The van der Waals surface area contributed by atoms with Gasteiger partial charge < -0.3 is 5.11 Å². The van der Waals surface area contributed by atoms with Gasteiger partial charge in [0.25, 0.3) is 0 Å². The second kappa shape index (κ2) is 5.45. The molecule has 1 atom stereocenters. The molecule has 0 radical (unpaired) electrons. The molecule has 0 aliphatic rings. The van der Waals surface area contributed by atoms with Crippen LogP contribution in [0.4, 0.5) is 4.39 Å². The van der Waals surface area contributed by atoms with Gasteiger partial charge in [-0.1, -0.05) is 12.1 Å². The van der Waals surface area contributed by atoms with Crippen molar-refractivity contribution in [2.45, 2.75) is 25.6 Å². The standard InChI is InChI=1S/C11H14FNO4S/c1-7-3-4-9(10(12)5-7)6-18(16,17)13-8(2)11(14)15/h3-5,8,13H,6H2,1-2H3,(H,14,15). The van der Waals surface area contributed by atoms with Gasteiger partial charge >= 0.3 is 5.97 Å². The Balaban J connectivity index is 2.86. The molecule has 0 saturated heterocycles.